The third-order valence-electron chi connectivity index (χ3n) is 3.63. The van der Waals surface area contributed by atoms with Crippen molar-refractivity contribution in [1.82, 2.24) is 4.90 Å². The number of carbonyl (C=O) groups is 2. The molecule has 1 aromatic rings. The molecule has 0 radical (unpaired) electrons. The Balaban J connectivity index is 2.05. The van der Waals surface area contributed by atoms with Gasteiger partial charge in [0, 0.05) is 17.6 Å². The van der Waals surface area contributed by atoms with E-state index in [0.717, 1.165) is 10.0 Å². The molecule has 0 saturated carbocycles. The van der Waals surface area contributed by atoms with Crippen LogP contribution in [0, 0.1) is 11.8 Å². The molecule has 108 valence electrons. The monoisotopic (exact) mass is 341 g/mol. The first-order chi connectivity index (χ1) is 9.47. The normalized spacial score (nSPS) is 23.4. The summed E-state index contributed by atoms with van der Waals surface area (Å²) in [4.78, 5) is 24.3. The largest absolute Gasteiger partial charge is 0.481 e. The fourth-order valence-electron chi connectivity index (χ4n) is 2.60. The van der Waals surface area contributed by atoms with E-state index < -0.39 is 23.8 Å². The zero-order chi connectivity index (χ0) is 14.7. The molecular formula is C14H16BrNO4. The van der Waals surface area contributed by atoms with Crippen molar-refractivity contribution in [3.8, 4) is 0 Å². The average molecular weight is 342 g/mol. The van der Waals surface area contributed by atoms with Gasteiger partial charge in [-0.2, -0.15) is 0 Å². The zero-order valence-electron chi connectivity index (χ0n) is 10.8. The molecule has 1 heterocycles. The van der Waals surface area contributed by atoms with Crippen molar-refractivity contribution in [1.29, 1.82) is 0 Å². The van der Waals surface area contributed by atoms with E-state index in [1.807, 2.05) is 29.2 Å². The summed E-state index contributed by atoms with van der Waals surface area (Å²) in [6.07, 6.45) is 0.375. The minimum atomic E-state index is -1.03. The first-order valence-electron chi connectivity index (χ1n) is 6.40. The van der Waals surface area contributed by atoms with Crippen LogP contribution in [0.25, 0.3) is 0 Å². The molecule has 1 aliphatic rings. The van der Waals surface area contributed by atoms with Gasteiger partial charge in [0.05, 0.1) is 11.8 Å². The van der Waals surface area contributed by atoms with E-state index in [4.69, 9.17) is 5.11 Å². The molecular weight excluding hydrogens is 326 g/mol. The Labute approximate surface area is 125 Å². The van der Waals surface area contributed by atoms with Crippen LogP contribution in [0.3, 0.4) is 0 Å². The fraction of sp³-hybridized carbons (Fsp3) is 0.429. The predicted molar refractivity (Wildman–Crippen MR) is 76.3 cm³/mol. The van der Waals surface area contributed by atoms with Gasteiger partial charge >= 0.3 is 11.9 Å². The minimum absolute atomic E-state index is 0.277. The van der Waals surface area contributed by atoms with Crippen LogP contribution in [0.4, 0.5) is 0 Å². The van der Waals surface area contributed by atoms with Gasteiger partial charge in [-0.05, 0) is 30.7 Å². The Morgan fingerprint density at radius 2 is 1.95 bits per heavy atom. The second kappa shape index (κ2) is 6.37. The van der Waals surface area contributed by atoms with Gasteiger partial charge in [-0.1, -0.05) is 28.1 Å². The molecule has 0 bridgehead atoms. The van der Waals surface area contributed by atoms with Crippen LogP contribution in [0.1, 0.15) is 12.0 Å². The molecule has 6 heteroatoms. The maximum atomic E-state index is 11.2. The lowest BCUT2D eigenvalue weighted by Crippen LogP contribution is -2.46. The van der Waals surface area contributed by atoms with Crippen molar-refractivity contribution in [3.63, 3.8) is 0 Å². The van der Waals surface area contributed by atoms with Crippen LogP contribution < -0.4 is 0 Å². The number of nitrogens with zero attached hydrogens (tertiary/aromatic N) is 1. The number of hydrogen-bond donors (Lipinski definition) is 2. The molecule has 1 saturated heterocycles. The van der Waals surface area contributed by atoms with E-state index in [2.05, 4.69) is 15.9 Å². The lowest BCUT2D eigenvalue weighted by Gasteiger charge is -2.34. The molecule has 20 heavy (non-hydrogen) atoms. The van der Waals surface area contributed by atoms with Crippen molar-refractivity contribution < 1.29 is 19.8 Å². The summed E-state index contributed by atoms with van der Waals surface area (Å²) < 4.78 is 0.977. The lowest BCUT2D eigenvalue weighted by molar-refractivity contribution is -0.157. The highest BCUT2D eigenvalue weighted by molar-refractivity contribution is 9.10. The Kier molecular flexibility index (Phi) is 4.77. The molecule has 1 fully saturated rings. The number of carboxylic acid groups (broad SMARTS) is 2. The van der Waals surface area contributed by atoms with Gasteiger partial charge in [-0.25, -0.2) is 0 Å². The summed E-state index contributed by atoms with van der Waals surface area (Å²) in [5, 5.41) is 18.3. The van der Waals surface area contributed by atoms with Crippen LogP contribution in [0.15, 0.2) is 28.7 Å². The van der Waals surface area contributed by atoms with Crippen molar-refractivity contribution in [2.24, 2.45) is 11.8 Å². The summed E-state index contributed by atoms with van der Waals surface area (Å²) in [6, 6.07) is 7.82. The first kappa shape index (κ1) is 15.0. The maximum absolute atomic E-state index is 11.2. The molecule has 0 spiro atoms. The Morgan fingerprint density at radius 3 is 2.55 bits per heavy atom. The Morgan fingerprint density at radius 1 is 1.25 bits per heavy atom. The molecule has 0 aromatic heterocycles. The van der Waals surface area contributed by atoms with E-state index in [1.54, 1.807) is 0 Å². The van der Waals surface area contributed by atoms with Crippen LogP contribution in [-0.2, 0) is 16.1 Å². The quantitative estimate of drug-likeness (QED) is 0.876. The number of piperidine rings is 1. The van der Waals surface area contributed by atoms with E-state index in [-0.39, 0.29) is 6.54 Å². The number of rotatable bonds is 4. The summed E-state index contributed by atoms with van der Waals surface area (Å²) >= 11 is 3.40. The molecule has 2 atom stereocenters. The molecule has 0 aliphatic carbocycles. The number of carboxylic acids is 2. The van der Waals surface area contributed by atoms with Gasteiger partial charge in [0.1, 0.15) is 0 Å². The average Bonchev–Trinajstić information content (AvgIpc) is 2.38. The second-order valence-corrected chi connectivity index (χ2v) is 5.96. The SMILES string of the molecule is O=C(O)C1CCN(Cc2cccc(Br)c2)CC1C(=O)O. The van der Waals surface area contributed by atoms with Crippen molar-refractivity contribution in [2.75, 3.05) is 13.1 Å². The highest BCUT2D eigenvalue weighted by Crippen LogP contribution is 2.26. The predicted octanol–water partition coefficient (Wildman–Crippen LogP) is 2.06. The molecule has 2 unspecified atom stereocenters. The third kappa shape index (κ3) is 3.58. The van der Waals surface area contributed by atoms with Gasteiger partial charge in [0.2, 0.25) is 0 Å². The van der Waals surface area contributed by atoms with E-state index in [0.29, 0.717) is 19.5 Å². The lowest BCUT2D eigenvalue weighted by atomic mass is 9.85. The van der Waals surface area contributed by atoms with Crippen LogP contribution >= 0.6 is 15.9 Å². The molecule has 2 rings (SSSR count). The van der Waals surface area contributed by atoms with Crippen molar-refractivity contribution >= 4 is 27.9 Å². The fourth-order valence-corrected chi connectivity index (χ4v) is 3.05. The second-order valence-electron chi connectivity index (χ2n) is 5.04. The minimum Gasteiger partial charge on any atom is -0.481 e. The highest BCUT2D eigenvalue weighted by atomic mass is 79.9. The summed E-state index contributed by atoms with van der Waals surface area (Å²) in [5.41, 5.74) is 1.08. The Hall–Kier alpha value is -1.40. The van der Waals surface area contributed by atoms with E-state index in [9.17, 15) is 14.7 Å². The topological polar surface area (TPSA) is 77.8 Å². The number of aliphatic carboxylic acids is 2. The van der Waals surface area contributed by atoms with Gasteiger partial charge in [-0.15, -0.1) is 0 Å². The zero-order valence-corrected chi connectivity index (χ0v) is 12.4. The van der Waals surface area contributed by atoms with E-state index in [1.165, 1.54) is 0 Å². The highest BCUT2D eigenvalue weighted by Gasteiger charge is 2.38. The molecule has 2 N–H and O–H groups in total. The molecule has 5 nitrogen and oxygen atoms in total. The van der Waals surface area contributed by atoms with Crippen LogP contribution in [0.5, 0.6) is 0 Å². The summed E-state index contributed by atoms with van der Waals surface area (Å²) in [5.74, 6) is -3.67. The molecule has 1 aromatic carbocycles. The standard InChI is InChI=1S/C14H16BrNO4/c15-10-3-1-2-9(6-10)7-16-5-4-11(13(17)18)12(8-16)14(19)20/h1-3,6,11-12H,4-5,7-8H2,(H,17,18)(H,19,20). The smallest absolute Gasteiger partial charge is 0.308 e. The van der Waals surface area contributed by atoms with Crippen molar-refractivity contribution in [2.45, 2.75) is 13.0 Å². The number of halogens is 1. The van der Waals surface area contributed by atoms with E-state index >= 15 is 0 Å². The van der Waals surface area contributed by atoms with Gasteiger partial charge < -0.3 is 10.2 Å². The summed E-state index contributed by atoms with van der Waals surface area (Å²) in [6.45, 7) is 1.52. The van der Waals surface area contributed by atoms with Gasteiger partial charge in [-0.3, -0.25) is 14.5 Å². The van der Waals surface area contributed by atoms with Crippen LogP contribution in [-0.4, -0.2) is 40.1 Å². The van der Waals surface area contributed by atoms with Gasteiger partial charge in [0.25, 0.3) is 0 Å². The first-order valence-corrected chi connectivity index (χ1v) is 7.19. The third-order valence-corrected chi connectivity index (χ3v) is 4.12. The van der Waals surface area contributed by atoms with Gasteiger partial charge in [0.15, 0.2) is 0 Å². The maximum Gasteiger partial charge on any atom is 0.308 e. The van der Waals surface area contributed by atoms with Crippen LogP contribution in [0.2, 0.25) is 0 Å². The molecule has 1 aliphatic heterocycles. The summed E-state index contributed by atoms with van der Waals surface area (Å²) in [7, 11) is 0. The number of likely N-dealkylation sites (tertiary alicyclic amines) is 1. The van der Waals surface area contributed by atoms with Crippen molar-refractivity contribution in [3.05, 3.63) is 34.3 Å². The number of hydrogen-bond acceptors (Lipinski definition) is 3. The molecule has 0 amide bonds. The number of benzene rings is 1. The Bertz CT molecular complexity index is 520.